The Bertz CT molecular complexity index is 662. The lowest BCUT2D eigenvalue weighted by Crippen LogP contribution is -1.97. The second-order valence-corrected chi connectivity index (χ2v) is 5.06. The molecule has 20 heavy (non-hydrogen) atoms. The van der Waals surface area contributed by atoms with Crippen LogP contribution in [0.5, 0.6) is 0 Å². The third kappa shape index (κ3) is 3.15. The van der Waals surface area contributed by atoms with E-state index in [1.807, 2.05) is 0 Å². The van der Waals surface area contributed by atoms with Crippen molar-refractivity contribution in [3.63, 3.8) is 0 Å². The van der Waals surface area contributed by atoms with Crippen molar-refractivity contribution in [3.05, 3.63) is 41.0 Å². The summed E-state index contributed by atoms with van der Waals surface area (Å²) in [5, 5.41) is 1.36. The maximum Gasteiger partial charge on any atom is 0.350 e. The molecular formula is C14H10FNO2S2. The fraction of sp³-hybridized carbons (Fsp3) is 0.0714. The first-order valence-corrected chi connectivity index (χ1v) is 6.90. The van der Waals surface area contributed by atoms with Gasteiger partial charge in [0.25, 0.3) is 0 Å². The highest BCUT2D eigenvalue weighted by Gasteiger charge is 2.17. The SMILES string of the molecule is COC(=O)c1sc(-c2ccc(F)cc2)cc1N=CC=S. The maximum absolute atomic E-state index is 12.9. The number of hydrogen-bond acceptors (Lipinski definition) is 5. The highest BCUT2D eigenvalue weighted by molar-refractivity contribution is 7.80. The van der Waals surface area contributed by atoms with Crippen LogP contribution in [0.25, 0.3) is 10.4 Å². The minimum Gasteiger partial charge on any atom is -0.465 e. The molecule has 0 radical (unpaired) electrons. The molecule has 2 rings (SSSR count). The smallest absolute Gasteiger partial charge is 0.350 e. The van der Waals surface area contributed by atoms with E-state index in [2.05, 4.69) is 17.2 Å². The van der Waals surface area contributed by atoms with Crippen molar-refractivity contribution < 1.29 is 13.9 Å². The van der Waals surface area contributed by atoms with Gasteiger partial charge in [0.1, 0.15) is 10.7 Å². The predicted octanol–water partition coefficient (Wildman–Crippen LogP) is 4.04. The van der Waals surface area contributed by atoms with Gasteiger partial charge in [-0.15, -0.1) is 11.3 Å². The lowest BCUT2D eigenvalue weighted by atomic mass is 10.2. The van der Waals surface area contributed by atoms with E-state index in [4.69, 9.17) is 4.74 Å². The van der Waals surface area contributed by atoms with E-state index in [1.54, 1.807) is 18.2 Å². The predicted molar refractivity (Wildman–Crippen MR) is 82.9 cm³/mol. The second kappa shape index (κ2) is 6.49. The maximum atomic E-state index is 12.9. The van der Waals surface area contributed by atoms with Crippen LogP contribution < -0.4 is 0 Å². The van der Waals surface area contributed by atoms with Gasteiger partial charge in [0, 0.05) is 16.5 Å². The van der Waals surface area contributed by atoms with Gasteiger partial charge in [-0.2, -0.15) is 0 Å². The normalized spacial score (nSPS) is 10.7. The Balaban J connectivity index is 2.47. The zero-order valence-electron chi connectivity index (χ0n) is 10.5. The monoisotopic (exact) mass is 307 g/mol. The molecule has 0 bridgehead atoms. The van der Waals surface area contributed by atoms with Gasteiger partial charge < -0.3 is 4.74 Å². The molecule has 0 fully saturated rings. The van der Waals surface area contributed by atoms with Gasteiger partial charge in [0.05, 0.1) is 12.8 Å². The van der Waals surface area contributed by atoms with E-state index in [1.165, 1.54) is 42.2 Å². The number of methoxy groups -OCH3 is 1. The second-order valence-electron chi connectivity index (χ2n) is 3.74. The average Bonchev–Trinajstić information content (AvgIpc) is 2.89. The van der Waals surface area contributed by atoms with Gasteiger partial charge in [0.15, 0.2) is 0 Å². The topological polar surface area (TPSA) is 38.7 Å². The molecule has 2 aromatic rings. The highest BCUT2D eigenvalue weighted by Crippen LogP contribution is 2.36. The summed E-state index contributed by atoms with van der Waals surface area (Å²) in [7, 11) is 1.31. The first-order valence-electron chi connectivity index (χ1n) is 5.61. The van der Waals surface area contributed by atoms with Gasteiger partial charge in [-0.05, 0) is 23.8 Å². The van der Waals surface area contributed by atoms with E-state index < -0.39 is 5.97 Å². The van der Waals surface area contributed by atoms with Crippen molar-refractivity contribution in [2.24, 2.45) is 4.99 Å². The summed E-state index contributed by atoms with van der Waals surface area (Å²) in [5.41, 5.74) is 1.30. The molecule has 1 heterocycles. The van der Waals surface area contributed by atoms with Gasteiger partial charge >= 0.3 is 5.97 Å². The Morgan fingerprint density at radius 2 is 2.10 bits per heavy atom. The van der Waals surface area contributed by atoms with Crippen molar-refractivity contribution in [3.8, 4) is 10.4 Å². The van der Waals surface area contributed by atoms with E-state index in [0.717, 1.165) is 10.4 Å². The molecular weight excluding hydrogens is 297 g/mol. The van der Waals surface area contributed by atoms with Crippen molar-refractivity contribution in [2.45, 2.75) is 0 Å². The summed E-state index contributed by atoms with van der Waals surface area (Å²) in [6.45, 7) is 0. The van der Waals surface area contributed by atoms with Crippen LogP contribution in [0.15, 0.2) is 35.3 Å². The van der Waals surface area contributed by atoms with Crippen LogP contribution in [0.1, 0.15) is 9.67 Å². The first kappa shape index (κ1) is 14.5. The van der Waals surface area contributed by atoms with Gasteiger partial charge in [0.2, 0.25) is 0 Å². The third-order valence-corrected chi connectivity index (χ3v) is 3.76. The van der Waals surface area contributed by atoms with Crippen LogP contribution in [-0.4, -0.2) is 24.7 Å². The van der Waals surface area contributed by atoms with Crippen LogP contribution in [0.3, 0.4) is 0 Å². The Kier molecular flexibility index (Phi) is 4.70. The quantitative estimate of drug-likeness (QED) is 0.486. The summed E-state index contributed by atoms with van der Waals surface area (Å²) in [6, 6.07) is 7.78. The number of thiocarbonyl (C=S) groups is 1. The molecule has 0 spiro atoms. The number of nitrogens with zero attached hydrogens (tertiary/aromatic N) is 1. The molecule has 0 aliphatic carbocycles. The minimum absolute atomic E-state index is 0.308. The molecule has 0 aliphatic heterocycles. The number of rotatable bonds is 4. The van der Waals surface area contributed by atoms with Crippen LogP contribution >= 0.6 is 23.6 Å². The van der Waals surface area contributed by atoms with E-state index in [-0.39, 0.29) is 5.82 Å². The molecule has 0 amide bonds. The van der Waals surface area contributed by atoms with Gasteiger partial charge in [-0.1, -0.05) is 24.4 Å². The first-order chi connectivity index (χ1) is 9.65. The van der Waals surface area contributed by atoms with Gasteiger partial charge in [-0.3, -0.25) is 4.99 Å². The fourth-order valence-corrected chi connectivity index (χ4v) is 2.67. The van der Waals surface area contributed by atoms with Crippen molar-refractivity contribution in [1.29, 1.82) is 0 Å². The Hall–Kier alpha value is -1.92. The molecule has 0 saturated carbocycles. The fourth-order valence-electron chi connectivity index (χ4n) is 1.58. The zero-order valence-corrected chi connectivity index (χ0v) is 12.1. The number of esters is 1. The number of carbonyl (C=O) groups excluding carboxylic acids is 1. The Morgan fingerprint density at radius 1 is 1.40 bits per heavy atom. The van der Waals surface area contributed by atoms with Crippen LogP contribution in [0.4, 0.5) is 10.1 Å². The van der Waals surface area contributed by atoms with E-state index in [9.17, 15) is 9.18 Å². The molecule has 3 nitrogen and oxygen atoms in total. The molecule has 0 N–H and O–H groups in total. The molecule has 1 aromatic carbocycles. The van der Waals surface area contributed by atoms with E-state index in [0.29, 0.717) is 10.6 Å². The third-order valence-electron chi connectivity index (χ3n) is 2.49. The van der Waals surface area contributed by atoms with E-state index >= 15 is 0 Å². The average molecular weight is 307 g/mol. The highest BCUT2D eigenvalue weighted by atomic mass is 32.1. The molecule has 0 atom stereocenters. The summed E-state index contributed by atoms with van der Waals surface area (Å²) in [5.74, 6) is -0.766. The number of hydrogen-bond donors (Lipinski definition) is 0. The van der Waals surface area contributed by atoms with Crippen LogP contribution in [0, 0.1) is 5.82 Å². The lowest BCUT2D eigenvalue weighted by Gasteiger charge is -1.96. The number of halogens is 1. The zero-order chi connectivity index (χ0) is 14.5. The number of thiophene rings is 1. The lowest BCUT2D eigenvalue weighted by molar-refractivity contribution is 0.0607. The Labute approximate surface area is 124 Å². The summed E-state index contributed by atoms with van der Waals surface area (Å²) >= 11 is 5.92. The van der Waals surface area contributed by atoms with Crippen LogP contribution in [-0.2, 0) is 4.74 Å². The summed E-state index contributed by atoms with van der Waals surface area (Å²) in [6.07, 6.45) is 1.43. The molecule has 0 saturated heterocycles. The number of ether oxygens (including phenoxy) is 1. The minimum atomic E-state index is -0.458. The van der Waals surface area contributed by atoms with Gasteiger partial charge in [-0.25, -0.2) is 9.18 Å². The molecule has 6 heteroatoms. The van der Waals surface area contributed by atoms with Crippen LogP contribution in [0.2, 0.25) is 0 Å². The molecule has 0 unspecified atom stereocenters. The summed E-state index contributed by atoms with van der Waals surface area (Å²) in [4.78, 5) is 17.0. The number of benzene rings is 1. The molecule has 102 valence electrons. The molecule has 0 aliphatic rings. The van der Waals surface area contributed by atoms with Crippen molar-refractivity contribution >= 4 is 46.8 Å². The molecule has 1 aromatic heterocycles. The largest absolute Gasteiger partial charge is 0.465 e. The standard InChI is InChI=1S/C14H10FNO2S2/c1-18-14(17)13-11(16-6-7-19)8-12(20-13)9-2-4-10(15)5-3-9/h2-8H,1H3. The van der Waals surface area contributed by atoms with Crippen molar-refractivity contribution in [1.82, 2.24) is 0 Å². The van der Waals surface area contributed by atoms with Crippen molar-refractivity contribution in [2.75, 3.05) is 7.11 Å². The number of aliphatic imine (C=N–C) groups is 1. The number of carbonyl (C=O) groups is 1. The Morgan fingerprint density at radius 3 is 2.70 bits per heavy atom. The summed E-state index contributed by atoms with van der Waals surface area (Å²) < 4.78 is 17.7.